The summed E-state index contributed by atoms with van der Waals surface area (Å²) < 4.78 is 40.1. The van der Waals surface area contributed by atoms with Gasteiger partial charge in [-0.3, -0.25) is 13.9 Å². The number of amides is 2. The molecule has 0 saturated carbocycles. The highest BCUT2D eigenvalue weighted by Gasteiger charge is 2.34. The van der Waals surface area contributed by atoms with Crippen molar-refractivity contribution < 1.29 is 27.5 Å². The van der Waals surface area contributed by atoms with Crippen LogP contribution in [0.5, 0.6) is 11.5 Å². The number of sulfonamides is 1. The first-order chi connectivity index (χ1) is 21.7. The Hall–Kier alpha value is -4.54. The number of halogens is 1. The SMILES string of the molecule is CCNC(=O)[C@H](Cc1ccccc1)N(Cc1ccc(Cl)cc1)C(=O)CN(c1ccc(OC)c(OC)c1)S(=O)(=O)c1ccccc1. The molecule has 0 unspecified atom stereocenters. The van der Waals surface area contributed by atoms with Crippen molar-refractivity contribution in [1.82, 2.24) is 10.2 Å². The molecule has 11 heteroatoms. The minimum absolute atomic E-state index is 0.00129. The second-order valence-corrected chi connectivity index (χ2v) is 12.4. The molecule has 9 nitrogen and oxygen atoms in total. The van der Waals surface area contributed by atoms with Crippen LogP contribution in [-0.4, -0.2) is 58.5 Å². The third-order valence-corrected chi connectivity index (χ3v) is 9.19. The first-order valence-corrected chi connectivity index (χ1v) is 16.1. The van der Waals surface area contributed by atoms with Crippen LogP contribution in [0.25, 0.3) is 0 Å². The van der Waals surface area contributed by atoms with Gasteiger partial charge < -0.3 is 19.7 Å². The first kappa shape index (κ1) is 33.4. The fourth-order valence-corrected chi connectivity index (χ4v) is 6.41. The van der Waals surface area contributed by atoms with Gasteiger partial charge in [0.15, 0.2) is 11.5 Å². The van der Waals surface area contributed by atoms with Gasteiger partial charge >= 0.3 is 0 Å². The highest BCUT2D eigenvalue weighted by Crippen LogP contribution is 2.34. The number of hydrogen-bond donors (Lipinski definition) is 1. The number of hydrogen-bond acceptors (Lipinski definition) is 6. The van der Waals surface area contributed by atoms with E-state index in [0.29, 0.717) is 17.3 Å². The van der Waals surface area contributed by atoms with Gasteiger partial charge in [-0.25, -0.2) is 8.42 Å². The zero-order valence-electron chi connectivity index (χ0n) is 25.4. The van der Waals surface area contributed by atoms with Crippen LogP contribution in [0, 0.1) is 0 Å². The summed E-state index contributed by atoms with van der Waals surface area (Å²) in [7, 11) is -1.33. The lowest BCUT2D eigenvalue weighted by Crippen LogP contribution is -2.53. The van der Waals surface area contributed by atoms with Gasteiger partial charge in [0.05, 0.1) is 24.8 Å². The van der Waals surface area contributed by atoms with Crippen LogP contribution in [0.1, 0.15) is 18.1 Å². The molecule has 0 heterocycles. The van der Waals surface area contributed by atoms with Crippen molar-refractivity contribution in [2.75, 3.05) is 31.6 Å². The van der Waals surface area contributed by atoms with Crippen molar-refractivity contribution >= 4 is 39.1 Å². The van der Waals surface area contributed by atoms with Gasteiger partial charge in [-0.2, -0.15) is 0 Å². The molecule has 2 amide bonds. The number of ether oxygens (including phenoxy) is 2. The second-order valence-electron chi connectivity index (χ2n) is 10.1. The maximum atomic E-state index is 14.5. The molecule has 0 aliphatic carbocycles. The van der Waals surface area contributed by atoms with Gasteiger partial charge in [0, 0.05) is 30.6 Å². The van der Waals surface area contributed by atoms with Crippen molar-refractivity contribution in [3.8, 4) is 11.5 Å². The summed E-state index contributed by atoms with van der Waals surface area (Å²) in [6, 6.07) is 27.8. The number of methoxy groups -OCH3 is 2. The van der Waals surface area contributed by atoms with E-state index in [9.17, 15) is 18.0 Å². The van der Waals surface area contributed by atoms with Crippen LogP contribution in [-0.2, 0) is 32.6 Å². The number of carbonyl (C=O) groups excluding carboxylic acids is 2. The predicted octanol–water partition coefficient (Wildman–Crippen LogP) is 5.33. The predicted molar refractivity (Wildman–Crippen MR) is 175 cm³/mol. The molecule has 0 fully saturated rings. The summed E-state index contributed by atoms with van der Waals surface area (Å²) in [6.07, 6.45) is 0.216. The molecule has 0 radical (unpaired) electrons. The standard InChI is InChI=1S/C34H36ClN3O6S/c1-4-36-34(40)30(21-25-11-7-5-8-12-25)37(23-26-15-17-27(35)18-16-26)33(39)24-38(45(41,42)29-13-9-6-10-14-29)28-19-20-31(43-2)32(22-28)44-3/h5-20,22,30H,4,21,23-24H2,1-3H3,(H,36,40)/t30-/m0/s1. The average Bonchev–Trinajstić information content (AvgIpc) is 3.06. The highest BCUT2D eigenvalue weighted by atomic mass is 35.5. The van der Waals surface area contributed by atoms with Crippen molar-refractivity contribution in [3.05, 3.63) is 119 Å². The van der Waals surface area contributed by atoms with E-state index in [4.69, 9.17) is 21.1 Å². The van der Waals surface area contributed by atoms with E-state index in [2.05, 4.69) is 5.32 Å². The molecule has 4 rings (SSSR count). The number of nitrogens with zero attached hydrogens (tertiary/aromatic N) is 2. The minimum atomic E-state index is -4.25. The molecule has 0 aliphatic heterocycles. The number of benzene rings is 4. The molecule has 0 spiro atoms. The molecule has 4 aromatic rings. The Bertz CT molecular complexity index is 1690. The van der Waals surface area contributed by atoms with Gasteiger partial charge in [-0.15, -0.1) is 0 Å². The Morgan fingerprint density at radius 3 is 2.04 bits per heavy atom. The fraction of sp³-hybridized carbons (Fsp3) is 0.235. The third-order valence-electron chi connectivity index (χ3n) is 7.15. The maximum Gasteiger partial charge on any atom is 0.264 e. The molecule has 0 aromatic heterocycles. The van der Waals surface area contributed by atoms with E-state index in [-0.39, 0.29) is 35.2 Å². The smallest absolute Gasteiger partial charge is 0.264 e. The Morgan fingerprint density at radius 1 is 0.822 bits per heavy atom. The lowest BCUT2D eigenvalue weighted by atomic mass is 10.0. The molecular weight excluding hydrogens is 614 g/mol. The number of carbonyl (C=O) groups is 2. The van der Waals surface area contributed by atoms with Gasteiger partial charge in [0.2, 0.25) is 11.8 Å². The number of nitrogens with one attached hydrogen (secondary N) is 1. The summed E-state index contributed by atoms with van der Waals surface area (Å²) in [4.78, 5) is 29.5. The Morgan fingerprint density at radius 2 is 1.44 bits per heavy atom. The topological polar surface area (TPSA) is 105 Å². The second kappa shape index (κ2) is 15.5. The molecule has 0 saturated heterocycles. The molecule has 1 atom stereocenters. The van der Waals surface area contributed by atoms with Gasteiger partial charge in [0.25, 0.3) is 10.0 Å². The van der Waals surface area contributed by atoms with Crippen LogP contribution in [0.3, 0.4) is 0 Å². The quantitative estimate of drug-likeness (QED) is 0.198. The van der Waals surface area contributed by atoms with Gasteiger partial charge in [-0.05, 0) is 54.4 Å². The van der Waals surface area contributed by atoms with Gasteiger partial charge in [-0.1, -0.05) is 72.3 Å². The molecule has 4 aromatic carbocycles. The van der Waals surface area contributed by atoms with Crippen LogP contribution in [0.2, 0.25) is 5.02 Å². The summed E-state index contributed by atoms with van der Waals surface area (Å²) >= 11 is 6.13. The summed E-state index contributed by atoms with van der Waals surface area (Å²) in [5.41, 5.74) is 1.75. The molecule has 0 aliphatic rings. The van der Waals surface area contributed by atoms with E-state index in [1.165, 1.54) is 37.3 Å². The van der Waals surface area contributed by atoms with Crippen molar-refractivity contribution in [3.63, 3.8) is 0 Å². The summed E-state index contributed by atoms with van der Waals surface area (Å²) in [6.45, 7) is 1.60. The number of likely N-dealkylation sites (N-methyl/N-ethyl adjacent to an activating group) is 1. The molecular formula is C34H36ClN3O6S. The van der Waals surface area contributed by atoms with E-state index < -0.39 is 28.5 Å². The van der Waals surface area contributed by atoms with E-state index in [1.54, 1.807) is 61.5 Å². The Kier molecular flexibility index (Phi) is 11.5. The van der Waals surface area contributed by atoms with E-state index in [0.717, 1.165) is 15.4 Å². The Labute approximate surface area is 269 Å². The monoisotopic (exact) mass is 649 g/mol. The van der Waals surface area contributed by atoms with Gasteiger partial charge in [0.1, 0.15) is 12.6 Å². The van der Waals surface area contributed by atoms with Crippen LogP contribution in [0.4, 0.5) is 5.69 Å². The first-order valence-electron chi connectivity index (χ1n) is 14.3. The third kappa shape index (κ3) is 8.34. The molecule has 0 bridgehead atoms. The zero-order valence-corrected chi connectivity index (χ0v) is 26.9. The zero-order chi connectivity index (χ0) is 32.4. The van der Waals surface area contributed by atoms with E-state index >= 15 is 0 Å². The number of anilines is 1. The van der Waals surface area contributed by atoms with E-state index in [1.807, 2.05) is 30.3 Å². The molecule has 236 valence electrons. The lowest BCUT2D eigenvalue weighted by Gasteiger charge is -2.34. The largest absolute Gasteiger partial charge is 0.493 e. The minimum Gasteiger partial charge on any atom is -0.493 e. The number of rotatable bonds is 14. The lowest BCUT2D eigenvalue weighted by molar-refractivity contribution is -0.140. The van der Waals surface area contributed by atoms with Crippen molar-refractivity contribution in [1.29, 1.82) is 0 Å². The maximum absolute atomic E-state index is 14.5. The Balaban J connectivity index is 1.82. The average molecular weight is 650 g/mol. The highest BCUT2D eigenvalue weighted by molar-refractivity contribution is 7.92. The van der Waals surface area contributed by atoms with Crippen molar-refractivity contribution in [2.24, 2.45) is 0 Å². The fourth-order valence-electron chi connectivity index (χ4n) is 4.86. The van der Waals surface area contributed by atoms with Crippen molar-refractivity contribution in [2.45, 2.75) is 30.8 Å². The summed E-state index contributed by atoms with van der Waals surface area (Å²) in [5, 5.41) is 3.37. The van der Waals surface area contributed by atoms with Crippen LogP contribution in [0.15, 0.2) is 108 Å². The van der Waals surface area contributed by atoms with Crippen LogP contribution >= 0.6 is 11.6 Å². The summed E-state index contributed by atoms with van der Waals surface area (Å²) in [5.74, 6) is -0.246. The normalized spacial score (nSPS) is 11.7. The van der Waals surface area contributed by atoms with Crippen LogP contribution < -0.4 is 19.1 Å². The molecule has 45 heavy (non-hydrogen) atoms. The molecule has 1 N–H and O–H groups in total.